The number of rotatable bonds is 4. The Morgan fingerprint density at radius 1 is 1.33 bits per heavy atom. The summed E-state index contributed by atoms with van der Waals surface area (Å²) in [6.07, 6.45) is 1.72. The Morgan fingerprint density at radius 3 is 2.62 bits per heavy atom. The molecule has 1 saturated heterocycles. The minimum atomic E-state index is -0.401. The number of nitrogens with two attached hydrogens (primary N) is 1. The van der Waals surface area contributed by atoms with Crippen LogP contribution in [0.15, 0.2) is 24.3 Å². The van der Waals surface area contributed by atoms with E-state index in [9.17, 15) is 9.59 Å². The van der Waals surface area contributed by atoms with Gasteiger partial charge in [0.25, 0.3) is 0 Å². The highest BCUT2D eigenvalue weighted by molar-refractivity contribution is 5.92. The Kier molecular flexibility index (Phi) is 5.65. The first-order valence-electron chi connectivity index (χ1n) is 8.60. The Morgan fingerprint density at radius 2 is 2.04 bits per heavy atom. The number of hydrogen-bond donors (Lipinski definition) is 2. The van der Waals surface area contributed by atoms with Crippen LogP contribution < -0.4 is 11.1 Å². The second-order valence-corrected chi connectivity index (χ2v) is 7.84. The molecule has 1 aliphatic heterocycles. The van der Waals surface area contributed by atoms with E-state index in [-0.39, 0.29) is 17.4 Å². The molecule has 0 unspecified atom stereocenters. The van der Waals surface area contributed by atoms with Gasteiger partial charge in [0.1, 0.15) is 0 Å². The van der Waals surface area contributed by atoms with E-state index in [0.29, 0.717) is 11.6 Å². The SMILES string of the molecule is C[C@H]1C[C@@H](C(=O)NC(C)(C)C)CCN1Cc1cccc(C(N)=O)c1. The summed E-state index contributed by atoms with van der Waals surface area (Å²) in [5, 5.41) is 3.09. The summed E-state index contributed by atoms with van der Waals surface area (Å²) < 4.78 is 0. The lowest BCUT2D eigenvalue weighted by Crippen LogP contribution is -2.49. The van der Waals surface area contributed by atoms with Crippen LogP contribution in [0.2, 0.25) is 0 Å². The maximum absolute atomic E-state index is 12.4. The highest BCUT2D eigenvalue weighted by Gasteiger charge is 2.31. The maximum atomic E-state index is 12.4. The number of likely N-dealkylation sites (tertiary alicyclic amines) is 1. The molecule has 132 valence electrons. The summed E-state index contributed by atoms with van der Waals surface area (Å²) in [6.45, 7) is 9.84. The molecule has 0 spiro atoms. The van der Waals surface area contributed by atoms with Crippen molar-refractivity contribution in [2.24, 2.45) is 11.7 Å². The Bertz CT molecular complexity index is 607. The lowest BCUT2D eigenvalue weighted by molar-refractivity contribution is -0.128. The summed E-state index contributed by atoms with van der Waals surface area (Å²) in [5.74, 6) is -0.167. The van der Waals surface area contributed by atoms with Crippen LogP contribution in [0.25, 0.3) is 0 Å². The maximum Gasteiger partial charge on any atom is 0.248 e. The van der Waals surface area contributed by atoms with Crippen molar-refractivity contribution in [3.8, 4) is 0 Å². The molecule has 5 heteroatoms. The van der Waals surface area contributed by atoms with Gasteiger partial charge in [-0.1, -0.05) is 12.1 Å². The minimum absolute atomic E-state index is 0.0763. The summed E-state index contributed by atoms with van der Waals surface area (Å²) in [5.41, 5.74) is 6.78. The molecule has 1 fully saturated rings. The molecule has 0 radical (unpaired) electrons. The van der Waals surface area contributed by atoms with E-state index in [4.69, 9.17) is 5.73 Å². The van der Waals surface area contributed by atoms with Gasteiger partial charge in [-0.2, -0.15) is 0 Å². The molecule has 0 aliphatic carbocycles. The first-order valence-corrected chi connectivity index (χ1v) is 8.60. The second kappa shape index (κ2) is 7.34. The summed E-state index contributed by atoms with van der Waals surface area (Å²) in [4.78, 5) is 26.0. The van der Waals surface area contributed by atoms with E-state index >= 15 is 0 Å². The fourth-order valence-corrected chi connectivity index (χ4v) is 3.22. The van der Waals surface area contributed by atoms with E-state index in [2.05, 4.69) is 17.1 Å². The van der Waals surface area contributed by atoms with Crippen molar-refractivity contribution in [2.45, 2.75) is 58.7 Å². The van der Waals surface area contributed by atoms with Crippen molar-refractivity contribution in [3.63, 3.8) is 0 Å². The number of nitrogens with one attached hydrogen (secondary N) is 1. The number of carbonyl (C=O) groups excluding carboxylic acids is 2. The van der Waals surface area contributed by atoms with Crippen molar-refractivity contribution in [1.29, 1.82) is 0 Å². The summed E-state index contributed by atoms with van der Waals surface area (Å²) in [7, 11) is 0. The van der Waals surface area contributed by atoms with E-state index in [0.717, 1.165) is 31.5 Å². The molecule has 1 aromatic carbocycles. The van der Waals surface area contributed by atoms with Gasteiger partial charge in [0.15, 0.2) is 0 Å². The largest absolute Gasteiger partial charge is 0.366 e. The zero-order valence-corrected chi connectivity index (χ0v) is 15.1. The highest BCUT2D eigenvalue weighted by Crippen LogP contribution is 2.25. The number of primary amides is 1. The van der Waals surface area contributed by atoms with E-state index in [1.165, 1.54) is 0 Å². The predicted octanol–water partition coefficient (Wildman–Crippen LogP) is 2.30. The number of nitrogens with zero attached hydrogens (tertiary/aromatic N) is 1. The molecule has 0 aromatic heterocycles. The third kappa shape index (κ3) is 5.06. The Balaban J connectivity index is 1.95. The summed E-state index contributed by atoms with van der Waals surface area (Å²) in [6, 6.07) is 7.79. The van der Waals surface area contributed by atoms with Crippen LogP contribution in [0.5, 0.6) is 0 Å². The molecule has 0 saturated carbocycles. The molecule has 5 nitrogen and oxygen atoms in total. The molecule has 2 rings (SSSR count). The molecule has 0 bridgehead atoms. The Hall–Kier alpha value is -1.88. The van der Waals surface area contributed by atoms with Crippen molar-refractivity contribution in [2.75, 3.05) is 6.54 Å². The molecular weight excluding hydrogens is 302 g/mol. The first-order chi connectivity index (χ1) is 11.2. The fourth-order valence-electron chi connectivity index (χ4n) is 3.22. The van der Waals surface area contributed by atoms with Gasteiger partial charge >= 0.3 is 0 Å². The average molecular weight is 331 g/mol. The predicted molar refractivity (Wildman–Crippen MR) is 95.5 cm³/mol. The van der Waals surface area contributed by atoms with Gasteiger partial charge < -0.3 is 11.1 Å². The number of piperidine rings is 1. The van der Waals surface area contributed by atoms with Crippen molar-refractivity contribution in [3.05, 3.63) is 35.4 Å². The van der Waals surface area contributed by atoms with E-state index in [1.54, 1.807) is 6.07 Å². The molecule has 24 heavy (non-hydrogen) atoms. The normalized spacial score (nSPS) is 22.2. The van der Waals surface area contributed by atoms with Gasteiger partial charge in [0, 0.05) is 29.6 Å². The van der Waals surface area contributed by atoms with Crippen molar-refractivity contribution >= 4 is 11.8 Å². The topological polar surface area (TPSA) is 75.4 Å². The molecule has 2 amide bonds. The van der Waals surface area contributed by atoms with Gasteiger partial charge in [0.2, 0.25) is 11.8 Å². The van der Waals surface area contributed by atoms with Gasteiger partial charge in [-0.05, 0) is 64.8 Å². The average Bonchev–Trinajstić information content (AvgIpc) is 2.48. The van der Waals surface area contributed by atoms with Crippen molar-refractivity contribution in [1.82, 2.24) is 10.2 Å². The van der Waals surface area contributed by atoms with Gasteiger partial charge in [-0.15, -0.1) is 0 Å². The van der Waals surface area contributed by atoms with Crippen LogP contribution in [-0.2, 0) is 11.3 Å². The van der Waals surface area contributed by atoms with Gasteiger partial charge in [-0.3, -0.25) is 14.5 Å². The molecule has 1 aliphatic rings. The van der Waals surface area contributed by atoms with Crippen LogP contribution in [0.1, 0.15) is 56.5 Å². The quantitative estimate of drug-likeness (QED) is 0.889. The fraction of sp³-hybridized carbons (Fsp3) is 0.579. The molecule has 3 N–H and O–H groups in total. The molecule has 1 aromatic rings. The van der Waals surface area contributed by atoms with Crippen molar-refractivity contribution < 1.29 is 9.59 Å². The smallest absolute Gasteiger partial charge is 0.248 e. The lowest BCUT2D eigenvalue weighted by Gasteiger charge is -2.38. The molecular formula is C19H29N3O2. The molecule has 2 atom stereocenters. The van der Waals surface area contributed by atoms with Gasteiger partial charge in [0.05, 0.1) is 0 Å². The third-order valence-electron chi connectivity index (χ3n) is 4.48. The second-order valence-electron chi connectivity index (χ2n) is 7.84. The van der Waals surface area contributed by atoms with Crippen LogP contribution in [0.4, 0.5) is 0 Å². The monoisotopic (exact) mass is 331 g/mol. The van der Waals surface area contributed by atoms with Crippen LogP contribution in [0.3, 0.4) is 0 Å². The van der Waals surface area contributed by atoms with E-state index in [1.807, 2.05) is 39.0 Å². The van der Waals surface area contributed by atoms with E-state index < -0.39 is 5.91 Å². The number of amides is 2. The first kappa shape index (κ1) is 18.5. The Labute approximate surface area is 144 Å². The zero-order valence-electron chi connectivity index (χ0n) is 15.1. The van der Waals surface area contributed by atoms with Crippen LogP contribution >= 0.6 is 0 Å². The standard InChI is InChI=1S/C19H29N3O2/c1-13-10-16(18(24)21-19(2,3)4)8-9-22(13)12-14-6-5-7-15(11-14)17(20)23/h5-7,11,13,16H,8-10,12H2,1-4H3,(H2,20,23)(H,21,24)/t13-,16-/m0/s1. The number of benzene rings is 1. The summed E-state index contributed by atoms with van der Waals surface area (Å²) >= 11 is 0. The minimum Gasteiger partial charge on any atom is -0.366 e. The zero-order chi connectivity index (χ0) is 17.9. The number of hydrogen-bond acceptors (Lipinski definition) is 3. The van der Waals surface area contributed by atoms with Crippen LogP contribution in [0, 0.1) is 5.92 Å². The molecule has 1 heterocycles. The highest BCUT2D eigenvalue weighted by atomic mass is 16.2. The number of carbonyl (C=O) groups is 2. The van der Waals surface area contributed by atoms with Gasteiger partial charge in [-0.25, -0.2) is 0 Å². The third-order valence-corrected chi connectivity index (χ3v) is 4.48. The van der Waals surface area contributed by atoms with Crippen LogP contribution in [-0.4, -0.2) is 34.8 Å². The lowest BCUT2D eigenvalue weighted by atomic mass is 9.89.